The molecule has 0 heterocycles. The van der Waals surface area contributed by atoms with E-state index in [9.17, 15) is 4.79 Å². The highest BCUT2D eigenvalue weighted by atomic mass is 79.9. The van der Waals surface area contributed by atoms with Gasteiger partial charge in [0.2, 0.25) is 0 Å². The first-order valence-electron chi connectivity index (χ1n) is 5.36. The fourth-order valence-corrected chi connectivity index (χ4v) is 2.11. The molecule has 3 nitrogen and oxygen atoms in total. The van der Waals surface area contributed by atoms with Crippen LogP contribution in [0.1, 0.15) is 29.2 Å². The molecule has 0 radical (unpaired) electrons. The van der Waals surface area contributed by atoms with Crippen LogP contribution in [0.15, 0.2) is 12.1 Å². The van der Waals surface area contributed by atoms with Gasteiger partial charge in [0.15, 0.2) is 0 Å². The standard InChI is InChI=1S/C13H14BrNO2/c1-3-17-13(16)6-10-5-12(8-15)9(2)4-11(10)7-14/h4-5H,3,6-7H2,1-2H3. The van der Waals surface area contributed by atoms with Gasteiger partial charge in [-0.1, -0.05) is 22.0 Å². The maximum atomic E-state index is 11.4. The minimum atomic E-state index is -0.262. The zero-order chi connectivity index (χ0) is 12.8. The molecule has 0 atom stereocenters. The zero-order valence-corrected chi connectivity index (χ0v) is 11.5. The quantitative estimate of drug-likeness (QED) is 0.634. The van der Waals surface area contributed by atoms with Gasteiger partial charge in [-0.2, -0.15) is 5.26 Å². The Morgan fingerprint density at radius 1 is 1.47 bits per heavy atom. The molecule has 0 aromatic heterocycles. The molecule has 1 aromatic carbocycles. The van der Waals surface area contributed by atoms with Gasteiger partial charge in [-0.05, 0) is 36.6 Å². The average Bonchev–Trinajstić information content (AvgIpc) is 2.31. The molecule has 0 saturated heterocycles. The molecule has 0 saturated carbocycles. The van der Waals surface area contributed by atoms with Crippen LogP contribution in [0.25, 0.3) is 0 Å². The normalized spacial score (nSPS) is 9.76. The van der Waals surface area contributed by atoms with Gasteiger partial charge in [0.05, 0.1) is 24.7 Å². The Hall–Kier alpha value is -1.34. The van der Waals surface area contributed by atoms with E-state index in [1.807, 2.05) is 13.0 Å². The molecule has 0 aliphatic carbocycles. The van der Waals surface area contributed by atoms with E-state index >= 15 is 0 Å². The van der Waals surface area contributed by atoms with Gasteiger partial charge in [-0.3, -0.25) is 4.79 Å². The second-order valence-corrected chi connectivity index (χ2v) is 4.22. The number of nitriles is 1. The van der Waals surface area contributed by atoms with Gasteiger partial charge in [-0.25, -0.2) is 0 Å². The Morgan fingerprint density at radius 2 is 2.18 bits per heavy atom. The molecule has 0 bridgehead atoms. The summed E-state index contributed by atoms with van der Waals surface area (Å²) in [5.74, 6) is -0.262. The molecular weight excluding hydrogens is 282 g/mol. The number of carbonyl (C=O) groups excluding carboxylic acids is 1. The third kappa shape index (κ3) is 3.57. The molecule has 0 spiro atoms. The Balaban J connectivity index is 3.05. The lowest BCUT2D eigenvalue weighted by atomic mass is 9.98. The van der Waals surface area contributed by atoms with Crippen LogP contribution in [0.5, 0.6) is 0 Å². The van der Waals surface area contributed by atoms with E-state index in [4.69, 9.17) is 10.00 Å². The number of hydrogen-bond acceptors (Lipinski definition) is 3. The second kappa shape index (κ2) is 6.41. The number of aryl methyl sites for hydroxylation is 1. The van der Waals surface area contributed by atoms with E-state index in [1.54, 1.807) is 13.0 Å². The first kappa shape index (κ1) is 13.7. The summed E-state index contributed by atoms with van der Waals surface area (Å²) in [5, 5.41) is 9.63. The number of carbonyl (C=O) groups is 1. The third-order valence-corrected chi connectivity index (χ3v) is 3.06. The van der Waals surface area contributed by atoms with E-state index in [-0.39, 0.29) is 12.4 Å². The van der Waals surface area contributed by atoms with E-state index in [0.717, 1.165) is 16.7 Å². The number of nitrogens with zero attached hydrogens (tertiary/aromatic N) is 1. The number of halogens is 1. The first-order valence-corrected chi connectivity index (χ1v) is 6.48. The summed E-state index contributed by atoms with van der Waals surface area (Å²) in [6.45, 7) is 4.04. The number of benzene rings is 1. The molecule has 4 heteroatoms. The van der Waals surface area contributed by atoms with Crippen LogP contribution in [0, 0.1) is 18.3 Å². The SMILES string of the molecule is CCOC(=O)Cc1cc(C#N)c(C)cc1CBr. The smallest absolute Gasteiger partial charge is 0.310 e. The van der Waals surface area contributed by atoms with Gasteiger partial charge in [0, 0.05) is 5.33 Å². The van der Waals surface area contributed by atoms with Crippen molar-refractivity contribution < 1.29 is 9.53 Å². The minimum Gasteiger partial charge on any atom is -0.466 e. The summed E-state index contributed by atoms with van der Waals surface area (Å²) in [5.41, 5.74) is 3.40. The Kier molecular flexibility index (Phi) is 5.17. The number of hydrogen-bond donors (Lipinski definition) is 0. The Morgan fingerprint density at radius 3 is 2.71 bits per heavy atom. The lowest BCUT2D eigenvalue weighted by molar-refractivity contribution is -0.142. The van der Waals surface area contributed by atoms with Crippen LogP contribution in [0.2, 0.25) is 0 Å². The number of alkyl halides is 1. The van der Waals surface area contributed by atoms with E-state index in [2.05, 4.69) is 22.0 Å². The third-order valence-electron chi connectivity index (χ3n) is 2.45. The number of rotatable bonds is 4. The summed E-state index contributed by atoms with van der Waals surface area (Å²) in [7, 11) is 0. The molecule has 0 aliphatic rings. The summed E-state index contributed by atoms with van der Waals surface area (Å²) in [4.78, 5) is 11.4. The van der Waals surface area contributed by atoms with Crippen molar-refractivity contribution in [3.8, 4) is 6.07 Å². The van der Waals surface area contributed by atoms with Gasteiger partial charge < -0.3 is 4.74 Å². The molecule has 17 heavy (non-hydrogen) atoms. The predicted octanol–water partition coefficient (Wildman–Crippen LogP) is 2.87. The molecule has 0 amide bonds. The number of esters is 1. The van der Waals surface area contributed by atoms with Gasteiger partial charge in [0.25, 0.3) is 0 Å². The molecule has 90 valence electrons. The molecular formula is C13H14BrNO2. The summed E-state index contributed by atoms with van der Waals surface area (Å²) < 4.78 is 4.91. The first-order chi connectivity index (χ1) is 8.12. The van der Waals surface area contributed by atoms with Gasteiger partial charge in [-0.15, -0.1) is 0 Å². The highest BCUT2D eigenvalue weighted by Gasteiger charge is 2.11. The maximum Gasteiger partial charge on any atom is 0.310 e. The summed E-state index contributed by atoms with van der Waals surface area (Å²) in [6, 6.07) is 5.82. The van der Waals surface area contributed by atoms with Crippen molar-refractivity contribution in [1.82, 2.24) is 0 Å². The van der Waals surface area contributed by atoms with Crippen molar-refractivity contribution in [1.29, 1.82) is 5.26 Å². The van der Waals surface area contributed by atoms with Crippen molar-refractivity contribution in [2.75, 3.05) is 6.61 Å². The van der Waals surface area contributed by atoms with E-state index in [1.165, 1.54) is 0 Å². The molecule has 0 fully saturated rings. The molecule has 1 aromatic rings. The van der Waals surface area contributed by atoms with Crippen molar-refractivity contribution in [3.05, 3.63) is 34.4 Å². The van der Waals surface area contributed by atoms with Gasteiger partial charge >= 0.3 is 5.97 Å². The lowest BCUT2D eigenvalue weighted by Gasteiger charge is -2.09. The van der Waals surface area contributed by atoms with Gasteiger partial charge in [0.1, 0.15) is 0 Å². The Bertz CT molecular complexity index is 463. The summed E-state index contributed by atoms with van der Waals surface area (Å²) >= 11 is 3.38. The van der Waals surface area contributed by atoms with Crippen LogP contribution in [-0.2, 0) is 21.3 Å². The topological polar surface area (TPSA) is 50.1 Å². The fraction of sp³-hybridized carbons (Fsp3) is 0.385. The highest BCUT2D eigenvalue weighted by molar-refractivity contribution is 9.08. The van der Waals surface area contributed by atoms with Crippen LogP contribution in [0.4, 0.5) is 0 Å². The molecule has 0 N–H and O–H groups in total. The number of ether oxygens (including phenoxy) is 1. The van der Waals surface area contributed by atoms with Crippen molar-refractivity contribution in [2.24, 2.45) is 0 Å². The highest BCUT2D eigenvalue weighted by Crippen LogP contribution is 2.19. The van der Waals surface area contributed by atoms with Crippen LogP contribution in [-0.4, -0.2) is 12.6 Å². The largest absolute Gasteiger partial charge is 0.466 e. The zero-order valence-electron chi connectivity index (χ0n) is 9.92. The van der Waals surface area contributed by atoms with Crippen LogP contribution < -0.4 is 0 Å². The summed E-state index contributed by atoms with van der Waals surface area (Å²) in [6.07, 6.45) is 0.212. The predicted molar refractivity (Wildman–Crippen MR) is 68.9 cm³/mol. The fourth-order valence-electron chi connectivity index (χ4n) is 1.59. The van der Waals surface area contributed by atoms with E-state index in [0.29, 0.717) is 17.5 Å². The molecule has 1 rings (SSSR count). The molecule has 0 unspecified atom stereocenters. The van der Waals surface area contributed by atoms with E-state index < -0.39 is 0 Å². The Labute approximate surface area is 110 Å². The monoisotopic (exact) mass is 295 g/mol. The molecule has 0 aliphatic heterocycles. The van der Waals surface area contributed by atoms with Crippen LogP contribution in [0.3, 0.4) is 0 Å². The van der Waals surface area contributed by atoms with Crippen LogP contribution >= 0.6 is 15.9 Å². The second-order valence-electron chi connectivity index (χ2n) is 3.66. The maximum absolute atomic E-state index is 11.4. The van der Waals surface area contributed by atoms with Crippen molar-refractivity contribution >= 4 is 21.9 Å². The van der Waals surface area contributed by atoms with Crippen molar-refractivity contribution in [3.63, 3.8) is 0 Å². The lowest BCUT2D eigenvalue weighted by Crippen LogP contribution is -2.09. The van der Waals surface area contributed by atoms with Crippen molar-refractivity contribution in [2.45, 2.75) is 25.6 Å². The minimum absolute atomic E-state index is 0.212. The average molecular weight is 296 g/mol.